The Morgan fingerprint density at radius 2 is 2.18 bits per heavy atom. The lowest BCUT2D eigenvalue weighted by atomic mass is 10.2. The van der Waals surface area contributed by atoms with Crippen LogP contribution in [0.15, 0.2) is 41.5 Å². The molecule has 17 heteroatoms. The molecule has 4 unspecified atom stereocenters. The van der Waals surface area contributed by atoms with Gasteiger partial charge in [0.25, 0.3) is 5.92 Å². The third-order valence-corrected chi connectivity index (χ3v) is 6.15. The van der Waals surface area contributed by atoms with Crippen LogP contribution >= 0.6 is 17.8 Å². The molecule has 2 amide bonds. The molecule has 4 heterocycles. The zero-order chi connectivity index (χ0) is 27.9. The minimum Gasteiger partial charge on any atom is -0.443 e. The number of nitrogens with one attached hydrogen (secondary N) is 2. The average molecular weight is 575 g/mol. The van der Waals surface area contributed by atoms with Crippen LogP contribution in [0.25, 0.3) is 11.0 Å². The van der Waals surface area contributed by atoms with Crippen molar-refractivity contribution in [1.29, 1.82) is 0 Å². The Labute approximate surface area is 218 Å². The summed E-state index contributed by atoms with van der Waals surface area (Å²) in [6.45, 7) is 1.42. The van der Waals surface area contributed by atoms with Crippen LogP contribution in [0.2, 0.25) is 0 Å². The quantitative estimate of drug-likeness (QED) is 0.256. The Kier molecular flexibility index (Phi) is 10.2. The van der Waals surface area contributed by atoms with Crippen molar-refractivity contribution in [2.75, 3.05) is 18.6 Å². The number of amides is 2. The van der Waals surface area contributed by atoms with Crippen LogP contribution in [0.4, 0.5) is 19.4 Å². The summed E-state index contributed by atoms with van der Waals surface area (Å²) in [5.74, 6) is -3.64. The molecule has 4 rings (SSSR count). The number of nitrogens with zero attached hydrogens (tertiary/aromatic N) is 4. The summed E-state index contributed by atoms with van der Waals surface area (Å²) in [5, 5.41) is 4.27. The predicted molar refractivity (Wildman–Crippen MR) is 138 cm³/mol. The first kappa shape index (κ1) is 29.5. The molecule has 38 heavy (non-hydrogen) atoms. The van der Waals surface area contributed by atoms with Crippen molar-refractivity contribution in [3.8, 4) is 0 Å². The first-order valence-electron chi connectivity index (χ1n) is 11.1. The second-order valence-corrected chi connectivity index (χ2v) is 8.95. The maximum atomic E-state index is 14.5. The first-order chi connectivity index (χ1) is 18.2. The van der Waals surface area contributed by atoms with Crippen LogP contribution in [-0.2, 0) is 32.4 Å². The highest BCUT2D eigenvalue weighted by Crippen LogP contribution is 2.42. The number of carbonyl (C=O) groups excluding carboxylic acids is 2. The normalized spacial score (nSPS) is 18.8. The molecule has 206 valence electrons. The standard InChI is InChI=1S/C20H21F2N6O7P.CH5P/c1-27-12(7-14-15(27)3-2-5-23-14)9-33-19(31)26-16-4-6-28(18(30)25-16)17-20(21,22)8-13(35-17)10-34-36(32)24-11-29;1-2/h2-7,11,13,17,32H,8-10H2,1H3,(H,24,29)(H,25,26,30,31);2H2,1H3/p+1. The van der Waals surface area contributed by atoms with Crippen molar-refractivity contribution in [2.24, 2.45) is 7.05 Å². The zero-order valence-corrected chi connectivity index (χ0v) is 22.5. The fourth-order valence-corrected chi connectivity index (χ4v) is 4.19. The van der Waals surface area contributed by atoms with Crippen molar-refractivity contribution in [1.82, 2.24) is 24.2 Å². The summed E-state index contributed by atoms with van der Waals surface area (Å²) < 4.78 is 46.7. The molecule has 3 N–H and O–H groups in total. The van der Waals surface area contributed by atoms with Crippen LogP contribution in [0.3, 0.4) is 0 Å². The van der Waals surface area contributed by atoms with Crippen LogP contribution in [-0.4, -0.2) is 61.8 Å². The van der Waals surface area contributed by atoms with Gasteiger partial charge in [0.15, 0.2) is 0 Å². The van der Waals surface area contributed by atoms with Gasteiger partial charge in [-0.15, -0.1) is 9.24 Å². The minimum atomic E-state index is -3.44. The highest BCUT2D eigenvalue weighted by molar-refractivity contribution is 7.44. The SMILES string of the molecule is CP.Cn1c(COC(=O)Nc2ccn(C3OC(CO[PH+](O)NC=O)CC3(F)F)c(=O)n2)cc2ncccc21. The van der Waals surface area contributed by atoms with Crippen LogP contribution in [0.1, 0.15) is 18.3 Å². The van der Waals surface area contributed by atoms with E-state index in [1.165, 1.54) is 0 Å². The summed E-state index contributed by atoms with van der Waals surface area (Å²) >= 11 is 0. The van der Waals surface area contributed by atoms with E-state index in [0.717, 1.165) is 23.3 Å². The molecule has 3 aromatic heterocycles. The van der Waals surface area contributed by atoms with Gasteiger partial charge in [0.2, 0.25) is 12.6 Å². The monoisotopic (exact) mass is 575 g/mol. The Balaban J connectivity index is 0.00000195. The highest BCUT2D eigenvalue weighted by Gasteiger charge is 2.52. The molecule has 0 spiro atoms. The molecule has 0 aromatic carbocycles. The van der Waals surface area contributed by atoms with Crippen molar-refractivity contribution >= 4 is 47.1 Å². The number of alkyl halides is 2. The summed E-state index contributed by atoms with van der Waals surface area (Å²) in [7, 11) is 1.53. The van der Waals surface area contributed by atoms with Gasteiger partial charge in [-0.05, 0) is 24.3 Å². The fourth-order valence-electron chi connectivity index (χ4n) is 3.66. The molecular weight excluding hydrogens is 548 g/mol. The number of fused-ring (bicyclic) bond motifs is 1. The van der Waals surface area contributed by atoms with E-state index in [2.05, 4.69) is 24.5 Å². The molecule has 0 saturated carbocycles. The van der Waals surface area contributed by atoms with E-state index < -0.39 is 51.6 Å². The van der Waals surface area contributed by atoms with Gasteiger partial charge in [-0.25, -0.2) is 18.4 Å². The molecule has 0 radical (unpaired) electrons. The molecule has 3 aromatic rings. The lowest BCUT2D eigenvalue weighted by Crippen LogP contribution is -2.35. The van der Waals surface area contributed by atoms with E-state index in [0.29, 0.717) is 10.3 Å². The van der Waals surface area contributed by atoms with Gasteiger partial charge in [0.05, 0.1) is 22.8 Å². The third-order valence-electron chi connectivity index (χ3n) is 5.35. The number of halogens is 2. The maximum absolute atomic E-state index is 14.5. The second-order valence-electron chi connectivity index (χ2n) is 7.76. The van der Waals surface area contributed by atoms with E-state index in [1.54, 1.807) is 25.4 Å². The number of rotatable bonds is 9. The number of aromatic nitrogens is 4. The van der Waals surface area contributed by atoms with Gasteiger partial charge in [-0.1, -0.05) is 6.66 Å². The predicted octanol–water partition coefficient (Wildman–Crippen LogP) is 2.01. The summed E-state index contributed by atoms with van der Waals surface area (Å²) in [6.07, 6.45) is -1.92. The molecule has 13 nitrogen and oxygen atoms in total. The smallest absolute Gasteiger partial charge is 0.413 e. The number of hydrogen-bond acceptors (Lipinski definition) is 9. The van der Waals surface area contributed by atoms with Gasteiger partial charge in [-0.3, -0.25) is 19.7 Å². The van der Waals surface area contributed by atoms with Gasteiger partial charge < -0.3 is 14.0 Å². The number of carbonyl (C=O) groups is 2. The average Bonchev–Trinajstić information content (AvgIpc) is 3.38. The molecule has 1 saturated heterocycles. The highest BCUT2D eigenvalue weighted by atomic mass is 31.2. The molecule has 0 bridgehead atoms. The number of aryl methyl sites for hydroxylation is 1. The third kappa shape index (κ3) is 7.06. The Bertz CT molecular complexity index is 1320. The second kappa shape index (κ2) is 13.1. The minimum absolute atomic E-state index is 0.0828. The lowest BCUT2D eigenvalue weighted by Gasteiger charge is -2.19. The van der Waals surface area contributed by atoms with E-state index in [4.69, 9.17) is 14.0 Å². The van der Waals surface area contributed by atoms with Crippen LogP contribution in [0.5, 0.6) is 0 Å². The number of pyridine rings is 1. The molecule has 0 aliphatic carbocycles. The fraction of sp³-hybridized carbons (Fsp3) is 0.381. The molecule has 1 aliphatic rings. The number of hydrogen-bond donors (Lipinski definition) is 3. The molecule has 4 atom stereocenters. The van der Waals surface area contributed by atoms with Crippen molar-refractivity contribution in [3.63, 3.8) is 0 Å². The molecular formula is C21H27F2N6O7P2+. The van der Waals surface area contributed by atoms with Gasteiger partial charge in [0.1, 0.15) is 19.0 Å². The first-order valence-corrected chi connectivity index (χ1v) is 13.6. The summed E-state index contributed by atoms with van der Waals surface area (Å²) in [6, 6.07) is 6.57. The summed E-state index contributed by atoms with van der Waals surface area (Å²) in [5.41, 5.74) is 1.18. The number of ether oxygens (including phenoxy) is 2. The van der Waals surface area contributed by atoms with E-state index >= 15 is 0 Å². The van der Waals surface area contributed by atoms with Crippen molar-refractivity contribution < 1.29 is 37.3 Å². The Morgan fingerprint density at radius 3 is 2.87 bits per heavy atom. The molecule has 1 aliphatic heterocycles. The zero-order valence-electron chi connectivity index (χ0n) is 20.3. The van der Waals surface area contributed by atoms with Crippen molar-refractivity contribution in [3.05, 3.63) is 52.8 Å². The van der Waals surface area contributed by atoms with E-state index in [9.17, 15) is 28.1 Å². The topological polar surface area (TPSA) is 159 Å². The summed E-state index contributed by atoms with van der Waals surface area (Å²) in [4.78, 5) is 52.1. The van der Waals surface area contributed by atoms with E-state index in [1.807, 2.05) is 22.4 Å². The van der Waals surface area contributed by atoms with Crippen LogP contribution < -0.4 is 16.1 Å². The lowest BCUT2D eigenvalue weighted by molar-refractivity contribution is -0.119. The van der Waals surface area contributed by atoms with Crippen molar-refractivity contribution in [2.45, 2.75) is 31.3 Å². The Morgan fingerprint density at radius 1 is 1.42 bits per heavy atom. The largest absolute Gasteiger partial charge is 0.443 e. The van der Waals surface area contributed by atoms with E-state index in [-0.39, 0.29) is 18.8 Å². The van der Waals surface area contributed by atoms with Gasteiger partial charge >= 0.3 is 20.3 Å². The number of anilines is 1. The van der Waals surface area contributed by atoms with Gasteiger partial charge in [0, 0.05) is 25.9 Å². The maximum Gasteiger partial charge on any atom is 0.413 e. The molecule has 1 fully saturated rings. The van der Waals surface area contributed by atoms with Crippen LogP contribution in [0, 0.1) is 0 Å². The van der Waals surface area contributed by atoms with Gasteiger partial charge in [-0.2, -0.15) is 19.5 Å². The Hall–Kier alpha value is -3.09.